The summed E-state index contributed by atoms with van der Waals surface area (Å²) in [7, 11) is 2.06. The van der Waals surface area contributed by atoms with Crippen molar-refractivity contribution in [3.05, 3.63) is 11.6 Å². The van der Waals surface area contributed by atoms with E-state index in [0.717, 1.165) is 30.6 Å². The van der Waals surface area contributed by atoms with Gasteiger partial charge in [-0.3, -0.25) is 0 Å². The summed E-state index contributed by atoms with van der Waals surface area (Å²) in [4.78, 5) is 12.3. The van der Waals surface area contributed by atoms with E-state index in [1.165, 1.54) is 70.6 Å². The van der Waals surface area contributed by atoms with Crippen molar-refractivity contribution in [2.75, 3.05) is 11.4 Å². The van der Waals surface area contributed by atoms with Gasteiger partial charge in [-0.25, -0.2) is 4.57 Å². The second-order valence-electron chi connectivity index (χ2n) is 9.74. The predicted octanol–water partition coefficient (Wildman–Crippen LogP) is 5.83. The zero-order valence-corrected chi connectivity index (χ0v) is 19.6. The van der Waals surface area contributed by atoms with E-state index in [1.54, 1.807) is 0 Å². The Kier molecular flexibility index (Phi) is 9.17. The molecular formula is C24H45N4+. The summed E-state index contributed by atoms with van der Waals surface area (Å²) >= 11 is 0. The van der Waals surface area contributed by atoms with Gasteiger partial charge in [-0.1, -0.05) is 75.7 Å². The summed E-state index contributed by atoms with van der Waals surface area (Å²) in [5.41, 5.74) is 0.444. The second-order valence-corrected chi connectivity index (χ2v) is 9.74. The molecule has 0 saturated heterocycles. The Hall–Kier alpha value is -1.19. The fourth-order valence-corrected chi connectivity index (χ4v) is 4.52. The van der Waals surface area contributed by atoms with Crippen LogP contribution in [0.5, 0.6) is 0 Å². The molecule has 0 bridgehead atoms. The predicted molar refractivity (Wildman–Crippen MR) is 119 cm³/mol. The lowest BCUT2D eigenvalue weighted by Gasteiger charge is -2.33. The molecule has 0 aromatic carbocycles. The lowest BCUT2D eigenvalue weighted by molar-refractivity contribution is -0.690. The molecule has 1 fully saturated rings. The largest absolute Gasteiger partial charge is 0.377 e. The fraction of sp³-hybridized carbons (Fsp3) is 0.875. The molecule has 1 unspecified atom stereocenters. The van der Waals surface area contributed by atoms with Gasteiger partial charge >= 0.3 is 5.95 Å². The average Bonchev–Trinajstić information content (AvgIpc) is 2.66. The molecule has 2 rings (SSSR count). The first-order chi connectivity index (χ1) is 13.3. The lowest BCUT2D eigenvalue weighted by Crippen LogP contribution is -2.43. The zero-order valence-electron chi connectivity index (χ0n) is 19.6. The smallest absolute Gasteiger partial charge is 0.310 e. The van der Waals surface area contributed by atoms with E-state index in [9.17, 15) is 0 Å². The van der Waals surface area contributed by atoms with Gasteiger partial charge in [-0.15, -0.1) is 0 Å². The van der Waals surface area contributed by atoms with Gasteiger partial charge in [0.1, 0.15) is 0 Å². The molecule has 0 N–H and O–H groups in total. The monoisotopic (exact) mass is 389 g/mol. The minimum absolute atomic E-state index is 0.444. The quantitative estimate of drug-likeness (QED) is 0.607. The van der Waals surface area contributed by atoms with E-state index in [4.69, 9.17) is 9.97 Å². The van der Waals surface area contributed by atoms with E-state index in [2.05, 4.69) is 51.1 Å². The van der Waals surface area contributed by atoms with Gasteiger partial charge in [0.2, 0.25) is 11.6 Å². The van der Waals surface area contributed by atoms with Crippen LogP contribution >= 0.6 is 0 Å². The molecule has 0 spiro atoms. The summed E-state index contributed by atoms with van der Waals surface area (Å²) in [5, 5.41) is 0. The molecule has 1 aromatic rings. The van der Waals surface area contributed by atoms with Crippen LogP contribution in [-0.4, -0.2) is 22.6 Å². The number of anilines is 1. The zero-order chi connectivity index (χ0) is 20.6. The van der Waals surface area contributed by atoms with Crippen LogP contribution in [-0.2, 0) is 7.05 Å². The average molecular weight is 390 g/mol. The molecule has 4 heteroatoms. The molecule has 1 aliphatic rings. The Balaban J connectivity index is 2.23. The first-order valence-electron chi connectivity index (χ1n) is 11.8. The Morgan fingerprint density at radius 1 is 0.893 bits per heavy atom. The highest BCUT2D eigenvalue weighted by Crippen LogP contribution is 2.33. The summed E-state index contributed by atoms with van der Waals surface area (Å²) in [6.07, 6.45) is 16.1. The van der Waals surface area contributed by atoms with Crippen molar-refractivity contribution in [2.45, 2.75) is 118 Å². The van der Waals surface area contributed by atoms with Crippen molar-refractivity contribution >= 4 is 5.95 Å². The summed E-state index contributed by atoms with van der Waals surface area (Å²) < 4.78 is 2.08. The minimum atomic E-state index is 0.444. The SMILES string of the molecule is CCCN(c1nc(C)[n+](C)c(C)n1)C1CCCCCCCCCC(C)(C)CC1. The third-order valence-corrected chi connectivity index (χ3v) is 6.70. The number of aromatic nitrogens is 3. The Morgan fingerprint density at radius 3 is 2.07 bits per heavy atom. The second kappa shape index (κ2) is 11.1. The van der Waals surface area contributed by atoms with Crippen molar-refractivity contribution in [2.24, 2.45) is 12.5 Å². The molecule has 160 valence electrons. The highest BCUT2D eigenvalue weighted by Gasteiger charge is 2.28. The molecule has 1 aromatic heterocycles. The molecule has 1 aliphatic carbocycles. The number of hydrogen-bond acceptors (Lipinski definition) is 3. The van der Waals surface area contributed by atoms with Crippen LogP contribution in [0.2, 0.25) is 0 Å². The maximum Gasteiger partial charge on any atom is 0.377 e. The van der Waals surface area contributed by atoms with E-state index in [0.29, 0.717) is 11.5 Å². The maximum absolute atomic E-state index is 4.89. The maximum atomic E-state index is 4.89. The molecule has 0 radical (unpaired) electrons. The Bertz CT molecular complexity index is 573. The van der Waals surface area contributed by atoms with E-state index < -0.39 is 0 Å². The third-order valence-electron chi connectivity index (χ3n) is 6.70. The van der Waals surface area contributed by atoms with Crippen LogP contribution in [0.3, 0.4) is 0 Å². The standard InChI is InChI=1S/C24H45N4/c1-7-19-28(23-25-20(2)27(6)21(3)26-23)22-15-13-11-9-8-10-12-14-17-24(4,5)18-16-22/h22H,7-19H2,1-6H3/q+1. The van der Waals surface area contributed by atoms with Crippen molar-refractivity contribution in [3.63, 3.8) is 0 Å². The molecule has 0 amide bonds. The van der Waals surface area contributed by atoms with Crippen LogP contribution in [0.1, 0.15) is 109 Å². The van der Waals surface area contributed by atoms with Gasteiger partial charge in [-0.05, 0) is 37.5 Å². The van der Waals surface area contributed by atoms with E-state index in [1.807, 2.05) is 0 Å². The van der Waals surface area contributed by atoms with Crippen LogP contribution < -0.4 is 9.47 Å². The highest BCUT2D eigenvalue weighted by molar-refractivity contribution is 5.30. The van der Waals surface area contributed by atoms with Crippen molar-refractivity contribution in [1.29, 1.82) is 0 Å². The normalized spacial score (nSPS) is 22.0. The topological polar surface area (TPSA) is 32.9 Å². The molecule has 1 atom stereocenters. The Morgan fingerprint density at radius 2 is 1.46 bits per heavy atom. The first kappa shape index (κ1) is 23.1. The molecule has 1 saturated carbocycles. The summed E-state index contributed by atoms with van der Waals surface area (Å²) in [5.74, 6) is 3.05. The van der Waals surface area contributed by atoms with Gasteiger partial charge in [0, 0.05) is 26.4 Å². The van der Waals surface area contributed by atoms with Crippen molar-refractivity contribution in [1.82, 2.24) is 9.97 Å². The van der Waals surface area contributed by atoms with Crippen LogP contribution in [0.15, 0.2) is 0 Å². The summed E-state index contributed by atoms with van der Waals surface area (Å²) in [6, 6.07) is 0.562. The molecule has 4 nitrogen and oxygen atoms in total. The van der Waals surface area contributed by atoms with Crippen molar-refractivity contribution in [3.8, 4) is 0 Å². The number of nitrogens with zero attached hydrogens (tertiary/aromatic N) is 4. The number of hydrogen-bond donors (Lipinski definition) is 0. The molecule has 1 heterocycles. The number of aryl methyl sites for hydroxylation is 2. The highest BCUT2D eigenvalue weighted by atomic mass is 15.3. The van der Waals surface area contributed by atoms with Crippen LogP contribution in [0.4, 0.5) is 5.95 Å². The Labute approximate surface area is 174 Å². The first-order valence-corrected chi connectivity index (χ1v) is 11.8. The molecule has 0 aliphatic heterocycles. The van der Waals surface area contributed by atoms with Gasteiger partial charge in [0.15, 0.2) is 0 Å². The minimum Gasteiger partial charge on any atom is -0.310 e. The van der Waals surface area contributed by atoms with Crippen LogP contribution in [0, 0.1) is 19.3 Å². The van der Waals surface area contributed by atoms with Gasteiger partial charge in [-0.2, -0.15) is 0 Å². The number of rotatable bonds is 4. The fourth-order valence-electron chi connectivity index (χ4n) is 4.52. The third kappa shape index (κ3) is 7.00. The van der Waals surface area contributed by atoms with Crippen LogP contribution in [0.25, 0.3) is 0 Å². The van der Waals surface area contributed by atoms with Crippen molar-refractivity contribution < 1.29 is 4.57 Å². The van der Waals surface area contributed by atoms with E-state index in [-0.39, 0.29) is 0 Å². The summed E-state index contributed by atoms with van der Waals surface area (Å²) in [6.45, 7) is 12.5. The lowest BCUT2D eigenvalue weighted by atomic mass is 9.81. The molecular weight excluding hydrogens is 344 g/mol. The molecule has 28 heavy (non-hydrogen) atoms. The van der Waals surface area contributed by atoms with Gasteiger partial charge in [0.05, 0.1) is 7.05 Å². The van der Waals surface area contributed by atoms with Gasteiger partial charge < -0.3 is 4.90 Å². The van der Waals surface area contributed by atoms with Gasteiger partial charge in [0.25, 0.3) is 0 Å². The van der Waals surface area contributed by atoms with E-state index >= 15 is 0 Å².